The Hall–Kier alpha value is -3.20. The Morgan fingerprint density at radius 2 is 1.84 bits per heavy atom. The molecule has 2 aromatic rings. The van der Waals surface area contributed by atoms with Crippen LogP contribution < -0.4 is 10.6 Å². The zero-order chi connectivity index (χ0) is 23.3. The molecule has 0 saturated heterocycles. The van der Waals surface area contributed by atoms with Gasteiger partial charge in [0.25, 0.3) is 5.91 Å². The number of anilines is 2. The Bertz CT molecular complexity index is 1050. The van der Waals surface area contributed by atoms with Gasteiger partial charge in [0.1, 0.15) is 5.00 Å². The number of esters is 2. The third kappa shape index (κ3) is 5.53. The lowest BCUT2D eigenvalue weighted by molar-refractivity contribution is -0.123. The average molecular weight is 459 g/mol. The fourth-order valence-electron chi connectivity index (χ4n) is 3.50. The number of thiophene rings is 1. The van der Waals surface area contributed by atoms with Crippen LogP contribution in [0.4, 0.5) is 10.7 Å². The van der Waals surface area contributed by atoms with Crippen molar-refractivity contribution in [2.45, 2.75) is 52.6 Å². The Balaban J connectivity index is 1.72. The first-order valence-corrected chi connectivity index (χ1v) is 11.3. The van der Waals surface area contributed by atoms with Gasteiger partial charge in [-0.15, -0.1) is 11.3 Å². The molecule has 0 saturated carbocycles. The van der Waals surface area contributed by atoms with E-state index in [4.69, 9.17) is 9.47 Å². The first kappa shape index (κ1) is 23.5. The molecule has 1 aliphatic carbocycles. The smallest absolute Gasteiger partial charge is 0.341 e. The summed E-state index contributed by atoms with van der Waals surface area (Å²) in [5.74, 6) is -1.96. The number of rotatable bonds is 7. The minimum absolute atomic E-state index is 0.203. The van der Waals surface area contributed by atoms with Crippen LogP contribution in [-0.4, -0.2) is 36.5 Å². The van der Waals surface area contributed by atoms with Crippen LogP contribution in [-0.2, 0) is 31.9 Å². The van der Waals surface area contributed by atoms with Gasteiger partial charge in [-0.1, -0.05) is 6.07 Å². The van der Waals surface area contributed by atoms with Crippen molar-refractivity contribution in [2.24, 2.45) is 0 Å². The second-order valence-corrected chi connectivity index (χ2v) is 8.54. The molecule has 1 aromatic carbocycles. The number of ether oxygens (including phenoxy) is 2. The van der Waals surface area contributed by atoms with E-state index in [1.54, 1.807) is 19.1 Å². The van der Waals surface area contributed by atoms with Crippen LogP contribution in [0.2, 0.25) is 0 Å². The van der Waals surface area contributed by atoms with Gasteiger partial charge >= 0.3 is 11.9 Å². The molecule has 2 amide bonds. The number of nitrogens with one attached hydrogen (secondary N) is 2. The van der Waals surface area contributed by atoms with Crippen LogP contribution in [0.3, 0.4) is 0 Å². The molecule has 3 rings (SSSR count). The minimum atomic E-state index is -1.10. The molecule has 8 nitrogen and oxygen atoms in total. The predicted molar refractivity (Wildman–Crippen MR) is 121 cm³/mol. The highest BCUT2D eigenvalue weighted by Crippen LogP contribution is 2.38. The standard InChI is InChI=1S/C23H26N2O6S/c1-4-30-23(29)19-17-10-5-6-11-18(17)32-21(19)25-20(27)13(2)31-22(28)15-8-7-9-16(12-15)24-14(3)26/h7-9,12-13H,4-6,10-11H2,1-3H3,(H,24,26)(H,25,27). The third-order valence-corrected chi connectivity index (χ3v) is 6.17. The summed E-state index contributed by atoms with van der Waals surface area (Å²) in [5, 5.41) is 5.76. The van der Waals surface area contributed by atoms with Crippen molar-refractivity contribution in [3.05, 3.63) is 45.8 Å². The Labute approximate surface area is 190 Å². The predicted octanol–water partition coefficient (Wildman–Crippen LogP) is 3.95. The van der Waals surface area contributed by atoms with Gasteiger partial charge in [-0.25, -0.2) is 9.59 Å². The quantitative estimate of drug-likeness (QED) is 0.608. The van der Waals surface area contributed by atoms with Crippen molar-refractivity contribution in [2.75, 3.05) is 17.2 Å². The van der Waals surface area contributed by atoms with E-state index < -0.39 is 23.9 Å². The zero-order valence-corrected chi connectivity index (χ0v) is 19.1. The number of aryl methyl sites for hydroxylation is 1. The summed E-state index contributed by atoms with van der Waals surface area (Å²) in [7, 11) is 0. The number of carbonyl (C=O) groups is 4. The first-order valence-electron chi connectivity index (χ1n) is 10.5. The van der Waals surface area contributed by atoms with Gasteiger partial charge in [0.15, 0.2) is 6.10 Å². The molecule has 1 atom stereocenters. The first-order chi connectivity index (χ1) is 15.3. The summed E-state index contributed by atoms with van der Waals surface area (Å²) in [6.45, 7) is 4.80. The zero-order valence-electron chi connectivity index (χ0n) is 18.3. The maximum absolute atomic E-state index is 12.7. The van der Waals surface area contributed by atoms with Crippen molar-refractivity contribution in [1.29, 1.82) is 0 Å². The molecule has 170 valence electrons. The minimum Gasteiger partial charge on any atom is -0.462 e. The van der Waals surface area contributed by atoms with Crippen molar-refractivity contribution >= 4 is 45.8 Å². The van der Waals surface area contributed by atoms with Gasteiger partial charge in [0, 0.05) is 17.5 Å². The molecule has 0 fully saturated rings. The molecule has 1 aromatic heterocycles. The highest BCUT2D eigenvalue weighted by Gasteiger charge is 2.29. The van der Waals surface area contributed by atoms with Gasteiger partial charge in [0.05, 0.1) is 17.7 Å². The van der Waals surface area contributed by atoms with E-state index in [0.29, 0.717) is 16.3 Å². The van der Waals surface area contributed by atoms with Gasteiger partial charge in [-0.2, -0.15) is 0 Å². The van der Waals surface area contributed by atoms with E-state index in [0.717, 1.165) is 36.1 Å². The molecular weight excluding hydrogens is 432 g/mol. The van der Waals surface area contributed by atoms with Crippen LogP contribution in [0.15, 0.2) is 24.3 Å². The largest absolute Gasteiger partial charge is 0.462 e. The van der Waals surface area contributed by atoms with E-state index in [2.05, 4.69) is 10.6 Å². The Morgan fingerprint density at radius 3 is 2.56 bits per heavy atom. The third-order valence-electron chi connectivity index (χ3n) is 4.96. The fourth-order valence-corrected chi connectivity index (χ4v) is 4.78. The number of amides is 2. The van der Waals surface area contributed by atoms with E-state index in [1.807, 2.05) is 0 Å². The lowest BCUT2D eigenvalue weighted by Crippen LogP contribution is -2.30. The van der Waals surface area contributed by atoms with Crippen molar-refractivity contribution < 1.29 is 28.7 Å². The summed E-state index contributed by atoms with van der Waals surface area (Å²) in [6, 6.07) is 6.25. The Kier molecular flexibility index (Phi) is 7.63. The maximum Gasteiger partial charge on any atom is 0.341 e. The van der Waals surface area contributed by atoms with Gasteiger partial charge < -0.3 is 20.1 Å². The highest BCUT2D eigenvalue weighted by molar-refractivity contribution is 7.17. The molecule has 1 aliphatic rings. The monoisotopic (exact) mass is 458 g/mol. The average Bonchev–Trinajstić information content (AvgIpc) is 3.11. The lowest BCUT2D eigenvalue weighted by Gasteiger charge is -2.14. The summed E-state index contributed by atoms with van der Waals surface area (Å²) >= 11 is 1.37. The molecule has 1 heterocycles. The van der Waals surface area contributed by atoms with E-state index >= 15 is 0 Å². The van der Waals surface area contributed by atoms with Gasteiger partial charge in [-0.3, -0.25) is 9.59 Å². The van der Waals surface area contributed by atoms with Crippen molar-refractivity contribution in [3.63, 3.8) is 0 Å². The topological polar surface area (TPSA) is 111 Å². The maximum atomic E-state index is 12.7. The molecule has 1 unspecified atom stereocenters. The Morgan fingerprint density at radius 1 is 1.09 bits per heavy atom. The summed E-state index contributed by atoms with van der Waals surface area (Å²) in [4.78, 5) is 50.1. The molecule has 0 spiro atoms. The molecule has 0 bridgehead atoms. The molecule has 9 heteroatoms. The number of hydrogen-bond donors (Lipinski definition) is 2. The van der Waals surface area contributed by atoms with Crippen LogP contribution in [0.5, 0.6) is 0 Å². The molecule has 0 aliphatic heterocycles. The number of fused-ring (bicyclic) bond motifs is 1. The van der Waals surface area contributed by atoms with E-state index in [1.165, 1.54) is 37.3 Å². The van der Waals surface area contributed by atoms with Crippen LogP contribution in [0.25, 0.3) is 0 Å². The SMILES string of the molecule is CCOC(=O)c1c(NC(=O)C(C)OC(=O)c2cccc(NC(C)=O)c2)sc2c1CCCC2. The number of benzene rings is 1. The van der Waals surface area contributed by atoms with E-state index in [-0.39, 0.29) is 18.1 Å². The molecule has 32 heavy (non-hydrogen) atoms. The number of carbonyl (C=O) groups excluding carboxylic acids is 4. The molecular formula is C23H26N2O6S. The van der Waals surface area contributed by atoms with Crippen molar-refractivity contribution in [1.82, 2.24) is 0 Å². The van der Waals surface area contributed by atoms with Crippen molar-refractivity contribution in [3.8, 4) is 0 Å². The van der Waals surface area contributed by atoms with Crippen LogP contribution >= 0.6 is 11.3 Å². The normalized spacial score (nSPS) is 13.5. The second kappa shape index (κ2) is 10.4. The highest BCUT2D eigenvalue weighted by atomic mass is 32.1. The summed E-state index contributed by atoms with van der Waals surface area (Å²) in [6.07, 6.45) is 2.55. The fraction of sp³-hybridized carbons (Fsp3) is 0.391. The summed E-state index contributed by atoms with van der Waals surface area (Å²) < 4.78 is 10.5. The molecule has 2 N–H and O–H groups in total. The number of hydrogen-bond acceptors (Lipinski definition) is 7. The lowest BCUT2D eigenvalue weighted by atomic mass is 9.95. The van der Waals surface area contributed by atoms with Gasteiger partial charge in [-0.05, 0) is 63.3 Å². The molecule has 0 radical (unpaired) electrons. The van der Waals surface area contributed by atoms with Gasteiger partial charge in [0.2, 0.25) is 5.91 Å². The van der Waals surface area contributed by atoms with E-state index in [9.17, 15) is 19.2 Å². The van der Waals surface area contributed by atoms with Crippen LogP contribution in [0.1, 0.15) is 64.8 Å². The second-order valence-electron chi connectivity index (χ2n) is 7.43. The van der Waals surface area contributed by atoms with Crippen LogP contribution in [0, 0.1) is 0 Å². The summed E-state index contributed by atoms with van der Waals surface area (Å²) in [5.41, 5.74) is 2.00.